The molecule has 2 heterocycles. The molecule has 0 atom stereocenters. The second kappa shape index (κ2) is 7.67. The van der Waals surface area contributed by atoms with Gasteiger partial charge in [0.15, 0.2) is 5.65 Å². The van der Waals surface area contributed by atoms with E-state index in [9.17, 15) is 0 Å². The average Bonchev–Trinajstić information content (AvgIpc) is 3.05. The van der Waals surface area contributed by atoms with Gasteiger partial charge in [0.1, 0.15) is 11.6 Å². The van der Waals surface area contributed by atoms with Gasteiger partial charge in [0, 0.05) is 17.3 Å². The van der Waals surface area contributed by atoms with Crippen molar-refractivity contribution in [1.82, 2.24) is 14.6 Å². The Morgan fingerprint density at radius 1 is 1.18 bits per heavy atom. The molecule has 28 heavy (non-hydrogen) atoms. The van der Waals surface area contributed by atoms with Crippen molar-refractivity contribution in [2.75, 3.05) is 17.7 Å². The average molecular weight is 380 g/mol. The Bertz CT molecular complexity index is 957. The van der Waals surface area contributed by atoms with Gasteiger partial charge in [-0.2, -0.15) is 0 Å². The van der Waals surface area contributed by atoms with E-state index in [2.05, 4.69) is 15.4 Å². The SMILES string of the molecule is CCOc1ccc(Nc2c(C3CCC(N)CC3)c(N)nn3c(C)cnc23)cc1. The van der Waals surface area contributed by atoms with E-state index in [-0.39, 0.29) is 6.04 Å². The predicted molar refractivity (Wildman–Crippen MR) is 112 cm³/mol. The first kappa shape index (κ1) is 18.6. The molecule has 0 aliphatic heterocycles. The van der Waals surface area contributed by atoms with Gasteiger partial charge in [-0.25, -0.2) is 9.50 Å². The molecule has 0 saturated heterocycles. The summed E-state index contributed by atoms with van der Waals surface area (Å²) in [5, 5.41) is 8.17. The Hall–Kier alpha value is -2.80. The van der Waals surface area contributed by atoms with Crippen molar-refractivity contribution < 1.29 is 4.74 Å². The van der Waals surface area contributed by atoms with Gasteiger partial charge < -0.3 is 21.5 Å². The Morgan fingerprint density at radius 2 is 1.89 bits per heavy atom. The highest BCUT2D eigenvalue weighted by Gasteiger charge is 2.27. The van der Waals surface area contributed by atoms with Crippen LogP contribution in [-0.4, -0.2) is 27.2 Å². The highest BCUT2D eigenvalue weighted by Crippen LogP contribution is 2.41. The van der Waals surface area contributed by atoms with E-state index in [1.54, 1.807) is 0 Å². The summed E-state index contributed by atoms with van der Waals surface area (Å²) in [6, 6.07) is 8.22. The van der Waals surface area contributed by atoms with Crippen LogP contribution in [0.4, 0.5) is 17.2 Å². The lowest BCUT2D eigenvalue weighted by molar-refractivity contribution is 0.340. The second-order valence-electron chi connectivity index (χ2n) is 7.50. The first-order chi connectivity index (χ1) is 13.6. The number of anilines is 3. The molecule has 7 nitrogen and oxygen atoms in total. The number of hydrogen-bond acceptors (Lipinski definition) is 6. The predicted octanol–water partition coefficient (Wildman–Crippen LogP) is 3.75. The minimum Gasteiger partial charge on any atom is -0.494 e. The topological polar surface area (TPSA) is 103 Å². The zero-order valence-electron chi connectivity index (χ0n) is 16.5. The fraction of sp³-hybridized carbons (Fsp3) is 0.429. The molecule has 0 unspecified atom stereocenters. The standard InChI is InChI=1S/C21H28N6O/c1-3-28-17-10-8-16(9-11-17)25-19-18(14-4-6-15(22)7-5-14)20(23)26-27-13(2)12-24-21(19)27/h8-12,14-15,25H,3-7,22H2,1-2H3,(H2,23,26). The van der Waals surface area contributed by atoms with Gasteiger partial charge >= 0.3 is 0 Å². The van der Waals surface area contributed by atoms with Crippen molar-refractivity contribution in [2.24, 2.45) is 5.73 Å². The van der Waals surface area contributed by atoms with E-state index >= 15 is 0 Å². The van der Waals surface area contributed by atoms with Crippen LogP contribution in [0.1, 0.15) is 49.8 Å². The Kier molecular flexibility index (Phi) is 5.09. The summed E-state index contributed by atoms with van der Waals surface area (Å²) in [6.07, 6.45) is 5.87. The molecule has 1 aromatic carbocycles. The number of nitrogens with zero attached hydrogens (tertiary/aromatic N) is 3. The van der Waals surface area contributed by atoms with Crippen LogP contribution in [0.2, 0.25) is 0 Å². The van der Waals surface area contributed by atoms with Gasteiger partial charge in [0.2, 0.25) is 0 Å². The molecule has 7 heteroatoms. The smallest absolute Gasteiger partial charge is 0.178 e. The molecule has 3 aromatic rings. The molecule has 1 saturated carbocycles. The fourth-order valence-corrected chi connectivity index (χ4v) is 4.03. The molecule has 0 spiro atoms. The molecule has 1 fully saturated rings. The summed E-state index contributed by atoms with van der Waals surface area (Å²) >= 11 is 0. The van der Waals surface area contributed by atoms with Crippen LogP contribution in [0.5, 0.6) is 5.75 Å². The van der Waals surface area contributed by atoms with Crippen LogP contribution in [0.15, 0.2) is 30.5 Å². The van der Waals surface area contributed by atoms with E-state index in [1.165, 1.54) is 0 Å². The number of rotatable bonds is 5. The third-order valence-corrected chi connectivity index (χ3v) is 5.50. The summed E-state index contributed by atoms with van der Waals surface area (Å²) in [5.74, 6) is 1.74. The van der Waals surface area contributed by atoms with E-state index in [0.717, 1.165) is 59.7 Å². The number of nitrogens with one attached hydrogen (secondary N) is 1. The number of nitrogens with two attached hydrogens (primary N) is 2. The number of fused-ring (bicyclic) bond motifs is 1. The number of ether oxygens (including phenoxy) is 1. The lowest BCUT2D eigenvalue weighted by atomic mass is 9.81. The number of nitrogen functional groups attached to an aromatic ring is 1. The molecule has 0 radical (unpaired) electrons. The first-order valence-corrected chi connectivity index (χ1v) is 9.96. The van der Waals surface area contributed by atoms with Gasteiger partial charge in [0.25, 0.3) is 0 Å². The summed E-state index contributed by atoms with van der Waals surface area (Å²) in [5.41, 5.74) is 17.3. The molecular weight excluding hydrogens is 352 g/mol. The summed E-state index contributed by atoms with van der Waals surface area (Å²) in [6.45, 7) is 4.60. The second-order valence-corrected chi connectivity index (χ2v) is 7.50. The maximum absolute atomic E-state index is 6.45. The first-order valence-electron chi connectivity index (χ1n) is 9.96. The van der Waals surface area contributed by atoms with Crippen LogP contribution in [-0.2, 0) is 0 Å². The Balaban J connectivity index is 1.76. The van der Waals surface area contributed by atoms with Crippen molar-refractivity contribution in [3.05, 3.63) is 41.7 Å². The minimum absolute atomic E-state index is 0.283. The molecule has 5 N–H and O–H groups in total. The summed E-state index contributed by atoms with van der Waals surface area (Å²) < 4.78 is 7.36. The Morgan fingerprint density at radius 3 is 2.57 bits per heavy atom. The summed E-state index contributed by atoms with van der Waals surface area (Å²) in [4.78, 5) is 4.61. The van der Waals surface area contributed by atoms with Crippen LogP contribution in [0, 0.1) is 6.92 Å². The lowest BCUT2D eigenvalue weighted by Gasteiger charge is -2.29. The van der Waals surface area contributed by atoms with Gasteiger partial charge in [-0.3, -0.25) is 0 Å². The van der Waals surface area contributed by atoms with Gasteiger partial charge in [-0.05, 0) is 69.7 Å². The maximum Gasteiger partial charge on any atom is 0.178 e. The van der Waals surface area contributed by atoms with E-state index < -0.39 is 0 Å². The quantitative estimate of drug-likeness (QED) is 0.623. The zero-order valence-corrected chi connectivity index (χ0v) is 16.5. The van der Waals surface area contributed by atoms with Crippen molar-refractivity contribution in [1.29, 1.82) is 0 Å². The molecule has 148 valence electrons. The number of hydrogen-bond donors (Lipinski definition) is 3. The fourth-order valence-electron chi connectivity index (χ4n) is 4.03. The molecule has 1 aliphatic carbocycles. The van der Waals surface area contributed by atoms with Crippen LogP contribution >= 0.6 is 0 Å². The highest BCUT2D eigenvalue weighted by atomic mass is 16.5. The number of benzene rings is 1. The van der Waals surface area contributed by atoms with Crippen molar-refractivity contribution >= 4 is 22.8 Å². The summed E-state index contributed by atoms with van der Waals surface area (Å²) in [7, 11) is 0. The molecule has 0 bridgehead atoms. The van der Waals surface area contributed by atoms with E-state index in [4.69, 9.17) is 16.2 Å². The minimum atomic E-state index is 0.283. The largest absolute Gasteiger partial charge is 0.494 e. The normalized spacial score (nSPS) is 19.7. The Labute approximate surface area is 165 Å². The lowest BCUT2D eigenvalue weighted by Crippen LogP contribution is -2.26. The number of aromatic nitrogens is 3. The van der Waals surface area contributed by atoms with Crippen LogP contribution in [0.25, 0.3) is 5.65 Å². The molecule has 1 aliphatic rings. The molecule has 4 rings (SSSR count). The van der Waals surface area contributed by atoms with E-state index in [0.29, 0.717) is 18.3 Å². The van der Waals surface area contributed by atoms with E-state index in [1.807, 2.05) is 48.8 Å². The van der Waals surface area contributed by atoms with Crippen molar-refractivity contribution in [2.45, 2.75) is 51.5 Å². The van der Waals surface area contributed by atoms with Gasteiger partial charge in [-0.1, -0.05) is 0 Å². The highest BCUT2D eigenvalue weighted by molar-refractivity contribution is 5.81. The van der Waals surface area contributed by atoms with Gasteiger partial charge in [0.05, 0.1) is 24.2 Å². The van der Waals surface area contributed by atoms with Crippen molar-refractivity contribution in [3.63, 3.8) is 0 Å². The molecule has 2 aromatic heterocycles. The number of imidazole rings is 1. The third-order valence-electron chi connectivity index (χ3n) is 5.50. The monoisotopic (exact) mass is 380 g/mol. The maximum atomic E-state index is 6.45. The van der Waals surface area contributed by atoms with Crippen molar-refractivity contribution in [3.8, 4) is 5.75 Å². The molecule has 0 amide bonds. The van der Waals surface area contributed by atoms with Crippen LogP contribution < -0.4 is 21.5 Å². The molecular formula is C21H28N6O. The van der Waals surface area contributed by atoms with Crippen LogP contribution in [0.3, 0.4) is 0 Å². The number of aryl methyl sites for hydroxylation is 1. The zero-order chi connectivity index (χ0) is 19.7. The van der Waals surface area contributed by atoms with Gasteiger partial charge in [-0.15, -0.1) is 5.10 Å². The third kappa shape index (κ3) is 3.49.